The highest BCUT2D eigenvalue weighted by Gasteiger charge is 2.54. The fourth-order valence-electron chi connectivity index (χ4n) is 3.15. The summed E-state index contributed by atoms with van der Waals surface area (Å²) in [6.07, 6.45) is 1.59. The molecule has 31 heavy (non-hydrogen) atoms. The Bertz CT molecular complexity index is 1080. The molecule has 2 N–H and O–H groups in total. The molecule has 4 heterocycles. The first-order valence-electron chi connectivity index (χ1n) is 8.95. The van der Waals surface area contributed by atoms with Gasteiger partial charge in [-0.25, -0.2) is 4.79 Å². The number of amides is 2. The summed E-state index contributed by atoms with van der Waals surface area (Å²) in [5.41, 5.74) is 0.569. The molecule has 14 heteroatoms. The van der Waals surface area contributed by atoms with E-state index >= 15 is 0 Å². The first kappa shape index (κ1) is 22.0. The van der Waals surface area contributed by atoms with Crippen molar-refractivity contribution in [2.75, 3.05) is 17.3 Å². The number of nitrogens with one attached hydrogen (secondary N) is 1. The molecule has 2 amide bonds. The Labute approximate surface area is 191 Å². The van der Waals surface area contributed by atoms with Crippen LogP contribution in [0.25, 0.3) is 0 Å². The fraction of sp³-hybridized carbons (Fsp3) is 0.353. The maximum atomic E-state index is 12.7. The Balaban J connectivity index is 1.41. The lowest BCUT2D eigenvalue weighted by Gasteiger charge is -2.49. The summed E-state index contributed by atoms with van der Waals surface area (Å²) in [4.78, 5) is 39.5. The molecule has 2 aromatic heterocycles. The minimum Gasteiger partial charge on any atom is -0.477 e. The van der Waals surface area contributed by atoms with Gasteiger partial charge in [0.15, 0.2) is 0 Å². The third kappa shape index (κ3) is 4.56. The summed E-state index contributed by atoms with van der Waals surface area (Å²) in [7, 11) is 0.210. The number of thiophene rings is 1. The van der Waals surface area contributed by atoms with Gasteiger partial charge in [0, 0.05) is 18.6 Å². The van der Waals surface area contributed by atoms with Crippen molar-refractivity contribution in [3.8, 4) is 0 Å². The number of aryl methyl sites for hydroxylation is 1. The minimum absolute atomic E-state index is 0.0437. The van der Waals surface area contributed by atoms with E-state index in [0.29, 0.717) is 26.3 Å². The van der Waals surface area contributed by atoms with Crippen molar-refractivity contribution in [3.63, 3.8) is 0 Å². The number of carboxylic acids is 1. The fourth-order valence-corrected chi connectivity index (χ4v) is 7.40. The van der Waals surface area contributed by atoms with E-state index < -0.39 is 40.0 Å². The molecule has 0 aliphatic carbocycles. The standard InChI is InChI=1S/C17H17N5O5S4/c1-21-18-5-11(20-21)29-6-9-7-30-16-13(15(24)22(16)14(9)17(25)26)19-10(23)8-31(27)12-3-2-4-28-12/h2-5,13,16H,6-8H2,1H3,(H,19,23)(H,25,26)/t13?,16-,31?/m1/s1. The Morgan fingerprint density at radius 2 is 2.26 bits per heavy atom. The van der Waals surface area contributed by atoms with Crippen LogP contribution >= 0.6 is 34.9 Å². The normalized spacial score (nSPS) is 21.5. The van der Waals surface area contributed by atoms with Crippen LogP contribution in [0.3, 0.4) is 0 Å². The van der Waals surface area contributed by atoms with Gasteiger partial charge in [0.05, 0.1) is 21.2 Å². The van der Waals surface area contributed by atoms with Gasteiger partial charge in [-0.3, -0.25) is 18.7 Å². The monoisotopic (exact) mass is 499 g/mol. The van der Waals surface area contributed by atoms with E-state index in [2.05, 4.69) is 15.5 Å². The molecule has 2 aliphatic rings. The van der Waals surface area contributed by atoms with Gasteiger partial charge in [-0.1, -0.05) is 17.8 Å². The van der Waals surface area contributed by atoms with Gasteiger partial charge in [0.25, 0.3) is 5.91 Å². The average molecular weight is 500 g/mol. The van der Waals surface area contributed by atoms with Crippen LogP contribution in [0.4, 0.5) is 0 Å². The van der Waals surface area contributed by atoms with Crippen molar-refractivity contribution >= 4 is 63.4 Å². The van der Waals surface area contributed by atoms with E-state index in [9.17, 15) is 23.7 Å². The molecule has 4 rings (SSSR count). The van der Waals surface area contributed by atoms with Gasteiger partial charge in [-0.2, -0.15) is 9.90 Å². The zero-order valence-electron chi connectivity index (χ0n) is 16.1. The number of carboxylic acid groups (broad SMARTS) is 1. The summed E-state index contributed by atoms with van der Waals surface area (Å²) in [5.74, 6) is -1.64. The highest BCUT2D eigenvalue weighted by molar-refractivity contribution is 8.01. The number of aliphatic carboxylic acids is 1. The third-order valence-corrected chi connectivity index (χ3v) is 9.45. The van der Waals surface area contributed by atoms with Crippen molar-refractivity contribution in [2.45, 2.75) is 20.7 Å². The van der Waals surface area contributed by atoms with Crippen molar-refractivity contribution in [2.24, 2.45) is 7.05 Å². The second-order valence-electron chi connectivity index (χ2n) is 6.60. The van der Waals surface area contributed by atoms with E-state index in [-0.39, 0.29) is 11.4 Å². The van der Waals surface area contributed by atoms with E-state index in [1.54, 1.807) is 30.8 Å². The van der Waals surface area contributed by atoms with Gasteiger partial charge in [-0.15, -0.1) is 28.2 Å². The molecule has 2 unspecified atom stereocenters. The minimum atomic E-state index is -1.48. The number of aromatic nitrogens is 3. The molecule has 0 spiro atoms. The van der Waals surface area contributed by atoms with Crippen LogP contribution in [-0.2, 0) is 32.2 Å². The summed E-state index contributed by atoms with van der Waals surface area (Å²) in [6.45, 7) is 0. The number of β-lactam (4-membered cyclic amide) rings is 1. The van der Waals surface area contributed by atoms with Gasteiger partial charge in [0.1, 0.15) is 27.9 Å². The molecule has 0 radical (unpaired) electrons. The van der Waals surface area contributed by atoms with Crippen LogP contribution in [0, 0.1) is 0 Å². The Morgan fingerprint density at radius 3 is 2.90 bits per heavy atom. The zero-order valence-corrected chi connectivity index (χ0v) is 19.4. The molecule has 0 bridgehead atoms. The Hall–Kier alpha value is -2.16. The number of fused-ring (bicyclic) bond motifs is 1. The Morgan fingerprint density at radius 1 is 1.45 bits per heavy atom. The summed E-state index contributed by atoms with van der Waals surface area (Å²) < 4.78 is 12.8. The van der Waals surface area contributed by atoms with E-state index in [4.69, 9.17) is 0 Å². The highest BCUT2D eigenvalue weighted by Crippen LogP contribution is 2.41. The van der Waals surface area contributed by atoms with Crippen LogP contribution in [0.5, 0.6) is 0 Å². The number of hydrogen-bond acceptors (Lipinski definition) is 9. The van der Waals surface area contributed by atoms with Crippen molar-refractivity contribution < 1.29 is 23.7 Å². The summed E-state index contributed by atoms with van der Waals surface area (Å²) >= 11 is 4.03. The van der Waals surface area contributed by atoms with Crippen molar-refractivity contribution in [1.29, 1.82) is 0 Å². The van der Waals surface area contributed by atoms with Crippen LogP contribution in [-0.4, -0.2) is 75.7 Å². The predicted molar refractivity (Wildman–Crippen MR) is 117 cm³/mol. The summed E-state index contributed by atoms with van der Waals surface area (Å²) in [5, 5.41) is 22.4. The van der Waals surface area contributed by atoms with Crippen molar-refractivity contribution in [1.82, 2.24) is 25.2 Å². The van der Waals surface area contributed by atoms with Crippen LogP contribution in [0.15, 0.2) is 44.2 Å². The van der Waals surface area contributed by atoms with Gasteiger partial charge in [0.2, 0.25) is 5.91 Å². The Kier molecular flexibility index (Phi) is 6.50. The first-order valence-corrected chi connectivity index (χ1v) is 13.2. The van der Waals surface area contributed by atoms with Gasteiger partial charge < -0.3 is 10.4 Å². The molecule has 2 aromatic rings. The van der Waals surface area contributed by atoms with E-state index in [1.165, 1.54) is 44.6 Å². The van der Waals surface area contributed by atoms with Crippen molar-refractivity contribution in [3.05, 3.63) is 35.0 Å². The molecule has 2 aliphatic heterocycles. The SMILES string of the molecule is Cn1ncc(SCC2=C(C(=O)O)N3C(=O)C(NC(=O)CS(=O)c4cccs4)[C@H]3SC2)n1. The highest BCUT2D eigenvalue weighted by atomic mass is 32.2. The first-order chi connectivity index (χ1) is 14.8. The predicted octanol–water partition coefficient (Wildman–Crippen LogP) is 0.515. The zero-order chi connectivity index (χ0) is 22.1. The van der Waals surface area contributed by atoms with E-state index in [1.807, 2.05) is 0 Å². The number of nitrogens with zero attached hydrogens (tertiary/aromatic N) is 4. The van der Waals surface area contributed by atoms with Gasteiger partial charge in [-0.05, 0) is 17.0 Å². The molecule has 164 valence electrons. The second-order valence-corrected chi connectivity index (χ2v) is 11.3. The number of thioether (sulfide) groups is 2. The largest absolute Gasteiger partial charge is 0.477 e. The average Bonchev–Trinajstić information content (AvgIpc) is 3.41. The maximum absolute atomic E-state index is 12.7. The van der Waals surface area contributed by atoms with E-state index in [0.717, 1.165) is 0 Å². The number of hydrogen-bond donors (Lipinski definition) is 2. The number of carbonyl (C=O) groups is 3. The second kappa shape index (κ2) is 9.14. The lowest BCUT2D eigenvalue weighted by Crippen LogP contribution is -2.70. The number of rotatable bonds is 8. The topological polar surface area (TPSA) is 134 Å². The maximum Gasteiger partial charge on any atom is 0.352 e. The molecule has 3 atom stereocenters. The van der Waals surface area contributed by atoms with Crippen LogP contribution < -0.4 is 5.32 Å². The smallest absolute Gasteiger partial charge is 0.352 e. The number of carbonyl (C=O) groups excluding carboxylic acids is 2. The molecule has 1 saturated heterocycles. The quantitative estimate of drug-likeness (QED) is 0.394. The van der Waals surface area contributed by atoms with Crippen LogP contribution in [0.1, 0.15) is 0 Å². The van der Waals surface area contributed by atoms with Crippen LogP contribution in [0.2, 0.25) is 0 Å². The molecular formula is C17H17N5O5S4. The molecule has 0 aromatic carbocycles. The lowest BCUT2D eigenvalue weighted by atomic mass is 10.0. The molecule has 10 nitrogen and oxygen atoms in total. The molecule has 1 fully saturated rings. The van der Waals surface area contributed by atoms with Gasteiger partial charge >= 0.3 is 5.97 Å². The molecular weight excluding hydrogens is 482 g/mol. The third-order valence-electron chi connectivity index (χ3n) is 4.52. The molecule has 0 saturated carbocycles. The lowest BCUT2D eigenvalue weighted by molar-refractivity contribution is -0.150. The summed E-state index contributed by atoms with van der Waals surface area (Å²) in [6, 6.07) is 2.61.